The highest BCUT2D eigenvalue weighted by atomic mass is 28.4. The Labute approximate surface area is 88.9 Å². The lowest BCUT2D eigenvalue weighted by atomic mass is 10.3. The van der Waals surface area contributed by atoms with Crippen molar-refractivity contribution in [3.05, 3.63) is 24.6 Å². The van der Waals surface area contributed by atoms with Gasteiger partial charge in [-0.1, -0.05) is 11.4 Å². The monoisotopic (exact) mass is 230 g/mol. The molecular formula is C8H19BO3Si2. The van der Waals surface area contributed by atoms with E-state index in [-0.39, 0.29) is 0 Å². The fourth-order valence-corrected chi connectivity index (χ4v) is 2.06. The first kappa shape index (κ1) is 13.9. The van der Waals surface area contributed by atoms with Crippen LogP contribution in [0.5, 0.6) is 0 Å². The highest BCUT2D eigenvalue weighted by Gasteiger charge is 2.32. The molecule has 0 fully saturated rings. The smallest absolute Gasteiger partial charge is 0.425 e. The summed E-state index contributed by atoms with van der Waals surface area (Å²) >= 11 is 0. The zero-order valence-corrected chi connectivity index (χ0v) is 11.4. The van der Waals surface area contributed by atoms with Crippen molar-refractivity contribution in [1.29, 1.82) is 0 Å². The van der Waals surface area contributed by atoms with E-state index in [9.17, 15) is 5.02 Å². The van der Waals surface area contributed by atoms with Crippen LogP contribution >= 0.6 is 0 Å². The van der Waals surface area contributed by atoms with Gasteiger partial charge in [-0.2, -0.15) is 0 Å². The van der Waals surface area contributed by atoms with Crippen molar-refractivity contribution in [3.8, 4) is 0 Å². The molecule has 0 aromatic heterocycles. The summed E-state index contributed by atoms with van der Waals surface area (Å²) in [6.07, 6.45) is 0. The molecule has 0 bridgehead atoms. The molecule has 0 atom stereocenters. The van der Waals surface area contributed by atoms with Gasteiger partial charge in [0.2, 0.25) is 0 Å². The lowest BCUT2D eigenvalue weighted by Crippen LogP contribution is -2.44. The summed E-state index contributed by atoms with van der Waals surface area (Å²) in [7, 11) is -5.11. The fourth-order valence-electron chi connectivity index (χ4n) is 0.640. The molecule has 0 aliphatic rings. The first-order valence-corrected chi connectivity index (χ1v) is 10.5. The summed E-state index contributed by atoms with van der Waals surface area (Å²) in [5, 5.41) is 9.51. The van der Waals surface area contributed by atoms with Crippen LogP contribution in [0.15, 0.2) is 24.6 Å². The van der Waals surface area contributed by atoms with Gasteiger partial charge in [0.05, 0.1) is 0 Å². The molecule has 0 saturated carbocycles. The molecular weight excluding hydrogens is 211 g/mol. The molecule has 0 aromatic carbocycles. The second-order valence-corrected chi connectivity index (χ2v) is 11.9. The standard InChI is InChI=1S/C8H19BO3Si2/c1-7-13(3,4)11-9(10)12-14(5,6)8-2/h7-8,10H,1-2H2,3-6H3. The molecule has 0 aliphatic heterocycles. The van der Waals surface area contributed by atoms with Crippen molar-refractivity contribution in [2.75, 3.05) is 0 Å². The average molecular weight is 230 g/mol. The van der Waals surface area contributed by atoms with Crippen LogP contribution in [0.1, 0.15) is 0 Å². The maximum atomic E-state index is 9.51. The Balaban J connectivity index is 4.17. The minimum Gasteiger partial charge on any atom is -0.425 e. The quantitative estimate of drug-likeness (QED) is 0.708. The Bertz CT molecular complexity index is 197. The summed E-state index contributed by atoms with van der Waals surface area (Å²) < 4.78 is 10.7. The molecule has 14 heavy (non-hydrogen) atoms. The molecule has 0 aliphatic carbocycles. The third kappa shape index (κ3) is 5.56. The molecule has 6 heteroatoms. The van der Waals surface area contributed by atoms with E-state index >= 15 is 0 Å². The van der Waals surface area contributed by atoms with E-state index in [1.165, 1.54) is 0 Å². The van der Waals surface area contributed by atoms with Crippen LogP contribution in [0.4, 0.5) is 0 Å². The average Bonchev–Trinajstić information content (AvgIpc) is 2.02. The normalized spacial score (nSPS) is 12.4. The third-order valence-corrected chi connectivity index (χ3v) is 5.38. The Hall–Kier alpha value is -0.141. The van der Waals surface area contributed by atoms with Gasteiger partial charge in [0.15, 0.2) is 16.6 Å². The summed E-state index contributed by atoms with van der Waals surface area (Å²) in [6, 6.07) is 0. The highest BCUT2D eigenvalue weighted by molar-refractivity contribution is 6.84. The van der Waals surface area contributed by atoms with E-state index in [0.717, 1.165) is 0 Å². The van der Waals surface area contributed by atoms with E-state index in [1.807, 2.05) is 26.2 Å². The van der Waals surface area contributed by atoms with Crippen LogP contribution in [0.3, 0.4) is 0 Å². The molecule has 3 nitrogen and oxygen atoms in total. The van der Waals surface area contributed by atoms with Crippen molar-refractivity contribution in [1.82, 2.24) is 0 Å². The van der Waals surface area contributed by atoms with Crippen LogP contribution in [0.2, 0.25) is 26.2 Å². The lowest BCUT2D eigenvalue weighted by molar-refractivity contribution is 0.295. The van der Waals surface area contributed by atoms with Gasteiger partial charge in [0, 0.05) is 0 Å². The predicted octanol–water partition coefficient (Wildman–Crippen LogP) is 1.86. The maximum Gasteiger partial charge on any atom is 0.615 e. The minimum absolute atomic E-state index is 1.16. The Morgan fingerprint density at radius 1 is 1.00 bits per heavy atom. The SMILES string of the molecule is C=C[Si](C)(C)OB(O)O[Si](C)(C)C=C. The molecule has 80 valence electrons. The largest absolute Gasteiger partial charge is 0.615 e. The van der Waals surface area contributed by atoms with Gasteiger partial charge < -0.3 is 13.7 Å². The van der Waals surface area contributed by atoms with Gasteiger partial charge in [-0.25, -0.2) is 0 Å². The van der Waals surface area contributed by atoms with Gasteiger partial charge in [-0.15, -0.1) is 13.2 Å². The first-order chi connectivity index (χ1) is 6.22. The molecule has 0 unspecified atom stereocenters. The van der Waals surface area contributed by atoms with Crippen LogP contribution in [-0.4, -0.2) is 29.0 Å². The molecule has 1 N–H and O–H groups in total. The van der Waals surface area contributed by atoms with Gasteiger partial charge >= 0.3 is 7.32 Å². The second-order valence-electron chi connectivity index (χ2n) is 4.16. The van der Waals surface area contributed by atoms with Gasteiger partial charge in [-0.3, -0.25) is 0 Å². The van der Waals surface area contributed by atoms with E-state index in [2.05, 4.69) is 13.2 Å². The van der Waals surface area contributed by atoms with Gasteiger partial charge in [-0.05, 0) is 26.2 Å². The molecule has 0 amide bonds. The van der Waals surface area contributed by atoms with E-state index in [4.69, 9.17) is 8.69 Å². The van der Waals surface area contributed by atoms with Crippen LogP contribution in [-0.2, 0) is 8.69 Å². The second kappa shape index (κ2) is 5.08. The zero-order valence-electron chi connectivity index (χ0n) is 9.41. The Morgan fingerprint density at radius 3 is 1.50 bits per heavy atom. The highest BCUT2D eigenvalue weighted by Crippen LogP contribution is 2.11. The van der Waals surface area contributed by atoms with E-state index in [0.29, 0.717) is 0 Å². The molecule has 0 rings (SSSR count). The first-order valence-electron chi connectivity index (χ1n) is 4.53. The molecule has 0 aromatic rings. The topological polar surface area (TPSA) is 38.7 Å². The van der Waals surface area contributed by atoms with Crippen molar-refractivity contribution in [3.63, 3.8) is 0 Å². The molecule has 0 heterocycles. The fraction of sp³-hybridized carbons (Fsp3) is 0.500. The number of hydrogen-bond donors (Lipinski definition) is 1. The number of rotatable bonds is 6. The summed E-state index contributed by atoms with van der Waals surface area (Å²) in [5.41, 5.74) is 3.50. The van der Waals surface area contributed by atoms with Crippen LogP contribution in [0, 0.1) is 0 Å². The molecule has 0 spiro atoms. The lowest BCUT2D eigenvalue weighted by Gasteiger charge is -2.25. The third-order valence-electron chi connectivity index (χ3n) is 1.79. The summed E-state index contributed by atoms with van der Waals surface area (Å²) in [5.74, 6) is 0. The summed E-state index contributed by atoms with van der Waals surface area (Å²) in [6.45, 7) is 15.1. The van der Waals surface area contributed by atoms with Crippen molar-refractivity contribution in [2.24, 2.45) is 0 Å². The van der Waals surface area contributed by atoms with Gasteiger partial charge in [0.1, 0.15) is 0 Å². The van der Waals surface area contributed by atoms with Crippen molar-refractivity contribution in [2.45, 2.75) is 26.2 Å². The Morgan fingerprint density at radius 2 is 1.29 bits per heavy atom. The summed E-state index contributed by atoms with van der Waals surface area (Å²) in [4.78, 5) is 0. The van der Waals surface area contributed by atoms with E-state index in [1.54, 1.807) is 11.4 Å². The van der Waals surface area contributed by atoms with Crippen molar-refractivity contribution >= 4 is 24.0 Å². The van der Waals surface area contributed by atoms with Crippen LogP contribution < -0.4 is 0 Å². The Kier molecular flexibility index (Phi) is 5.03. The molecule has 0 saturated heterocycles. The minimum atomic E-state index is -1.98. The van der Waals surface area contributed by atoms with Gasteiger partial charge in [0.25, 0.3) is 0 Å². The maximum absolute atomic E-state index is 9.51. The molecule has 0 radical (unpaired) electrons. The number of hydrogen-bond acceptors (Lipinski definition) is 3. The zero-order chi connectivity index (χ0) is 11.4. The van der Waals surface area contributed by atoms with Crippen LogP contribution in [0.25, 0.3) is 0 Å². The predicted molar refractivity (Wildman–Crippen MR) is 65.5 cm³/mol. The van der Waals surface area contributed by atoms with E-state index < -0.39 is 24.0 Å². The van der Waals surface area contributed by atoms with Crippen molar-refractivity contribution < 1.29 is 13.7 Å².